The molecule has 1 aliphatic rings. The van der Waals surface area contributed by atoms with Crippen LogP contribution >= 0.6 is 30.4 Å². The van der Waals surface area contributed by atoms with Gasteiger partial charge in [0, 0.05) is 19.3 Å². The molecule has 2 rings (SSSR count). The van der Waals surface area contributed by atoms with Gasteiger partial charge in [0.25, 0.3) is 0 Å². The standard InChI is InChI=1S/C28H46F3IN3O7P/c1-35(2,3)16-19-41-43(36,37)42-22-24(38-4)21-39-17-12-10-8-6-5-7-9-11-13-18-40-26-15-14-23(20-25(26)32)27(33-34-27)28(29,30)31/h14-15,20,24H,5-13,16-19,21-22H2,1-4H3/p+1. The Hall–Kier alpha value is -0.870. The Balaban J connectivity index is 1.42. The zero-order valence-electron chi connectivity index (χ0n) is 25.6. The topological polar surface area (TPSA) is 108 Å². The monoisotopic (exact) mass is 752 g/mol. The molecule has 15 heteroatoms. The lowest BCUT2D eigenvalue weighted by Gasteiger charge is -2.24. The van der Waals surface area contributed by atoms with Gasteiger partial charge in [0.1, 0.15) is 25.0 Å². The van der Waals surface area contributed by atoms with Crippen LogP contribution in [-0.4, -0.2) is 89.5 Å². The number of hydrogen-bond acceptors (Lipinski definition) is 8. The van der Waals surface area contributed by atoms with Gasteiger partial charge in [0.15, 0.2) is 0 Å². The molecule has 2 unspecified atom stereocenters. The van der Waals surface area contributed by atoms with Crippen molar-refractivity contribution in [2.45, 2.75) is 75.7 Å². The number of rotatable bonds is 24. The van der Waals surface area contributed by atoms with Crippen molar-refractivity contribution in [2.75, 3.05) is 67.8 Å². The first-order valence-corrected chi connectivity index (χ1v) is 17.2. The van der Waals surface area contributed by atoms with Gasteiger partial charge in [0.05, 0.1) is 44.5 Å². The van der Waals surface area contributed by atoms with E-state index in [4.69, 9.17) is 23.3 Å². The third-order valence-electron chi connectivity index (χ3n) is 6.80. The molecule has 0 amide bonds. The minimum absolute atomic E-state index is 0.0136. The molecule has 43 heavy (non-hydrogen) atoms. The van der Waals surface area contributed by atoms with Gasteiger partial charge in [-0.15, -0.1) is 10.2 Å². The van der Waals surface area contributed by atoms with Gasteiger partial charge in [-0.05, 0) is 47.6 Å². The first kappa shape index (κ1) is 38.3. The van der Waals surface area contributed by atoms with Crippen molar-refractivity contribution in [1.82, 2.24) is 0 Å². The Bertz CT molecular complexity index is 1040. The highest BCUT2D eigenvalue weighted by Gasteiger charge is 2.65. The smallest absolute Gasteiger partial charge is 0.472 e. The summed E-state index contributed by atoms with van der Waals surface area (Å²) in [6, 6.07) is 4.38. The van der Waals surface area contributed by atoms with Crippen molar-refractivity contribution in [3.05, 3.63) is 27.3 Å². The first-order chi connectivity index (χ1) is 20.2. The lowest BCUT2D eigenvalue weighted by Crippen LogP contribution is -2.37. The van der Waals surface area contributed by atoms with Gasteiger partial charge in [-0.25, -0.2) is 4.57 Å². The Morgan fingerprint density at radius 1 is 0.930 bits per heavy atom. The fourth-order valence-corrected chi connectivity index (χ4v) is 5.46. The number of nitrogens with zero attached hydrogens (tertiary/aromatic N) is 3. The molecular formula is C28H47F3IN3O7P+. The van der Waals surface area contributed by atoms with Crippen molar-refractivity contribution < 1.29 is 50.4 Å². The summed E-state index contributed by atoms with van der Waals surface area (Å²) in [5.74, 6) is 0.574. The highest BCUT2D eigenvalue weighted by molar-refractivity contribution is 14.1. The van der Waals surface area contributed by atoms with Crippen molar-refractivity contribution in [3.63, 3.8) is 0 Å². The molecule has 0 spiro atoms. The zero-order valence-corrected chi connectivity index (χ0v) is 28.7. The van der Waals surface area contributed by atoms with Crippen LogP contribution < -0.4 is 4.74 Å². The minimum Gasteiger partial charge on any atom is -0.492 e. The van der Waals surface area contributed by atoms with E-state index in [1.165, 1.54) is 25.7 Å². The highest BCUT2D eigenvalue weighted by atomic mass is 127. The van der Waals surface area contributed by atoms with Gasteiger partial charge in [0.2, 0.25) is 0 Å². The Kier molecular flexibility index (Phi) is 16.3. The number of methoxy groups -OCH3 is 1. The lowest BCUT2D eigenvalue weighted by molar-refractivity contribution is -0.870. The number of likely N-dealkylation sites (N-methyl/N-ethyl adjacent to an activating group) is 1. The Labute approximate surface area is 267 Å². The molecule has 2 atom stereocenters. The minimum atomic E-state index is -4.53. The van der Waals surface area contributed by atoms with Gasteiger partial charge < -0.3 is 23.6 Å². The highest BCUT2D eigenvalue weighted by Crippen LogP contribution is 2.52. The summed E-state index contributed by atoms with van der Waals surface area (Å²) in [5.41, 5.74) is -2.39. The predicted octanol–water partition coefficient (Wildman–Crippen LogP) is 7.23. The van der Waals surface area contributed by atoms with Crippen LogP contribution in [0.25, 0.3) is 0 Å². The maximum atomic E-state index is 13.2. The molecule has 0 aromatic heterocycles. The fourth-order valence-electron chi connectivity index (χ4n) is 4.05. The van der Waals surface area contributed by atoms with Crippen LogP contribution in [0.3, 0.4) is 0 Å². The maximum absolute atomic E-state index is 13.2. The van der Waals surface area contributed by atoms with Crippen LogP contribution in [0.15, 0.2) is 28.4 Å². The molecule has 0 aliphatic carbocycles. The quantitative estimate of drug-likeness (QED) is 0.0514. The Morgan fingerprint density at radius 3 is 2.02 bits per heavy atom. The van der Waals surface area contributed by atoms with Gasteiger partial charge in [-0.3, -0.25) is 9.05 Å². The molecule has 1 heterocycles. The van der Waals surface area contributed by atoms with E-state index in [2.05, 4.69) is 10.2 Å². The number of phosphoric acid groups is 1. The van der Waals surface area contributed by atoms with Gasteiger partial charge >= 0.3 is 19.7 Å². The zero-order chi connectivity index (χ0) is 32.0. The molecule has 0 saturated carbocycles. The molecule has 0 radical (unpaired) electrons. The van der Waals surface area contributed by atoms with Crippen LogP contribution in [0.5, 0.6) is 5.75 Å². The molecule has 248 valence electrons. The fraction of sp³-hybridized carbons (Fsp3) is 0.786. The van der Waals surface area contributed by atoms with Crippen LogP contribution in [0.2, 0.25) is 0 Å². The number of halogens is 4. The summed E-state index contributed by atoms with van der Waals surface area (Å²) in [7, 11) is 3.27. The summed E-state index contributed by atoms with van der Waals surface area (Å²) in [5, 5.41) is 6.48. The molecule has 0 bridgehead atoms. The molecule has 0 fully saturated rings. The average molecular weight is 753 g/mol. The second kappa shape index (κ2) is 18.3. The number of ether oxygens (including phenoxy) is 3. The largest absolute Gasteiger partial charge is 0.492 e. The van der Waals surface area contributed by atoms with Crippen molar-refractivity contribution in [2.24, 2.45) is 10.2 Å². The average Bonchev–Trinajstić information content (AvgIpc) is 3.73. The SMILES string of the molecule is COC(COCCCCCCCCCCCOc1ccc(C2(C(F)(F)F)N=N2)cc1I)COP(=O)(O)OCC[N+](C)(C)C. The number of hydrogen-bond donors (Lipinski definition) is 1. The summed E-state index contributed by atoms with van der Waals surface area (Å²) in [6.45, 7) is 1.99. The van der Waals surface area contributed by atoms with Gasteiger partial charge in [-0.1, -0.05) is 51.0 Å². The Morgan fingerprint density at radius 2 is 1.51 bits per heavy atom. The van der Waals surface area contributed by atoms with Crippen molar-refractivity contribution in [1.29, 1.82) is 0 Å². The van der Waals surface area contributed by atoms with E-state index in [0.29, 0.717) is 33.6 Å². The van der Waals surface area contributed by atoms with Gasteiger partial charge in [-0.2, -0.15) is 13.2 Å². The number of quaternary nitrogens is 1. The van der Waals surface area contributed by atoms with E-state index >= 15 is 0 Å². The second-order valence-electron chi connectivity index (χ2n) is 11.6. The van der Waals surface area contributed by atoms with E-state index in [1.807, 2.05) is 43.7 Å². The summed E-state index contributed by atoms with van der Waals surface area (Å²) in [4.78, 5) is 9.81. The predicted molar refractivity (Wildman–Crippen MR) is 165 cm³/mol. The molecule has 0 saturated heterocycles. The molecule has 1 aliphatic heterocycles. The first-order valence-electron chi connectivity index (χ1n) is 14.7. The van der Waals surface area contributed by atoms with Crippen LogP contribution in [0, 0.1) is 3.57 Å². The number of alkyl halides is 3. The van der Waals surface area contributed by atoms with Crippen molar-refractivity contribution in [3.8, 4) is 5.75 Å². The second-order valence-corrected chi connectivity index (χ2v) is 14.2. The summed E-state index contributed by atoms with van der Waals surface area (Å²) in [6.07, 6.45) is 4.66. The normalized spacial score (nSPS) is 16.7. The molecule has 10 nitrogen and oxygen atoms in total. The lowest BCUT2D eigenvalue weighted by atomic mass is 10.0. The number of benzene rings is 1. The third kappa shape index (κ3) is 14.8. The summed E-state index contributed by atoms with van der Waals surface area (Å²) >= 11 is 1.98. The molecule has 1 aromatic rings. The van der Waals surface area contributed by atoms with E-state index in [1.54, 1.807) is 6.07 Å². The number of phosphoric ester groups is 1. The van der Waals surface area contributed by atoms with Crippen LogP contribution in [0.1, 0.15) is 63.4 Å². The molecule has 1 aromatic carbocycles. The molecule has 1 N–H and O–H groups in total. The van der Waals surface area contributed by atoms with E-state index in [-0.39, 0.29) is 25.4 Å². The van der Waals surface area contributed by atoms with Crippen molar-refractivity contribution >= 4 is 30.4 Å². The maximum Gasteiger partial charge on any atom is 0.472 e. The van der Waals surface area contributed by atoms with E-state index in [9.17, 15) is 22.6 Å². The third-order valence-corrected chi connectivity index (χ3v) is 8.62. The van der Waals surface area contributed by atoms with E-state index in [0.717, 1.165) is 51.4 Å². The molecular weight excluding hydrogens is 705 g/mol. The van der Waals surface area contributed by atoms with Crippen LogP contribution in [0.4, 0.5) is 13.2 Å². The summed E-state index contributed by atoms with van der Waals surface area (Å²) < 4.78 is 79.5. The van der Waals surface area contributed by atoms with E-state index < -0.39 is 25.8 Å². The number of unbranched alkanes of at least 4 members (excludes halogenated alkanes) is 8. The van der Waals surface area contributed by atoms with Crippen LogP contribution in [-0.2, 0) is 28.7 Å².